The van der Waals surface area contributed by atoms with Crippen molar-refractivity contribution in [3.05, 3.63) is 23.3 Å². The third kappa shape index (κ3) is 3.23. The number of rotatable bonds is 5. The maximum atomic E-state index is 14.3. The van der Waals surface area contributed by atoms with Crippen molar-refractivity contribution in [2.75, 3.05) is 20.8 Å². The van der Waals surface area contributed by atoms with Gasteiger partial charge in [0, 0.05) is 11.6 Å². The Morgan fingerprint density at radius 3 is 2.45 bits per heavy atom. The highest BCUT2D eigenvalue weighted by Gasteiger charge is 2.26. The molecule has 1 aromatic carbocycles. The zero-order chi connectivity index (χ0) is 14.8. The molecule has 0 amide bonds. The molecule has 0 aliphatic carbocycles. The molecule has 3 nitrogen and oxygen atoms in total. The number of alkyl halides is 1. The van der Waals surface area contributed by atoms with Crippen molar-refractivity contribution in [3.8, 4) is 11.5 Å². The second kappa shape index (κ2) is 6.00. The van der Waals surface area contributed by atoms with Crippen molar-refractivity contribution in [1.29, 1.82) is 0 Å². The van der Waals surface area contributed by atoms with E-state index in [-0.39, 0.29) is 0 Å². The minimum atomic E-state index is -1.46. The monoisotopic (exact) mass is 281 g/mol. The molecule has 1 fully saturated rings. The number of halogens is 1. The van der Waals surface area contributed by atoms with Gasteiger partial charge in [-0.3, -0.25) is 0 Å². The summed E-state index contributed by atoms with van der Waals surface area (Å²) in [6, 6.07) is 4.15. The van der Waals surface area contributed by atoms with Crippen molar-refractivity contribution in [2.24, 2.45) is 0 Å². The van der Waals surface area contributed by atoms with E-state index in [1.54, 1.807) is 20.3 Å². The second-order valence-corrected chi connectivity index (χ2v) is 5.83. The molecule has 0 spiro atoms. The van der Waals surface area contributed by atoms with Crippen LogP contribution in [0.25, 0.3) is 0 Å². The minimum Gasteiger partial charge on any atom is -0.496 e. The molecule has 1 aliphatic heterocycles. The lowest BCUT2D eigenvalue weighted by Gasteiger charge is -2.22. The molecule has 1 aromatic rings. The van der Waals surface area contributed by atoms with Crippen LogP contribution in [-0.4, -0.2) is 26.8 Å². The van der Waals surface area contributed by atoms with E-state index in [1.807, 2.05) is 6.07 Å². The van der Waals surface area contributed by atoms with Crippen LogP contribution in [0.15, 0.2) is 12.1 Å². The molecule has 1 heterocycles. The summed E-state index contributed by atoms with van der Waals surface area (Å²) in [5.74, 6) is 1.33. The Morgan fingerprint density at radius 2 is 1.95 bits per heavy atom. The fourth-order valence-electron chi connectivity index (χ4n) is 2.78. The first kappa shape index (κ1) is 15.1. The van der Waals surface area contributed by atoms with E-state index in [1.165, 1.54) is 26.7 Å². The lowest BCUT2D eigenvalue weighted by Crippen LogP contribution is -2.24. The summed E-state index contributed by atoms with van der Waals surface area (Å²) >= 11 is 0. The van der Waals surface area contributed by atoms with Crippen molar-refractivity contribution in [2.45, 2.75) is 44.8 Å². The molecule has 1 atom stereocenters. The van der Waals surface area contributed by atoms with Crippen LogP contribution in [0.4, 0.5) is 4.39 Å². The fourth-order valence-corrected chi connectivity index (χ4v) is 2.78. The highest BCUT2D eigenvalue weighted by atomic mass is 19.1. The van der Waals surface area contributed by atoms with Gasteiger partial charge in [0.2, 0.25) is 0 Å². The topological polar surface area (TPSA) is 30.5 Å². The quantitative estimate of drug-likeness (QED) is 0.899. The number of benzene rings is 1. The van der Waals surface area contributed by atoms with Crippen LogP contribution in [-0.2, 0) is 12.1 Å². The molecule has 1 saturated heterocycles. The summed E-state index contributed by atoms with van der Waals surface area (Å²) in [5, 5.41) is 3.47. The predicted octanol–water partition coefficient (Wildman–Crippen LogP) is 3.20. The molecule has 4 heteroatoms. The van der Waals surface area contributed by atoms with E-state index in [2.05, 4.69) is 5.32 Å². The van der Waals surface area contributed by atoms with E-state index in [0.29, 0.717) is 17.4 Å². The van der Waals surface area contributed by atoms with Gasteiger partial charge in [-0.2, -0.15) is 0 Å². The van der Waals surface area contributed by atoms with Gasteiger partial charge in [0.1, 0.15) is 17.2 Å². The Hall–Kier alpha value is -1.29. The lowest BCUT2D eigenvalue weighted by atomic mass is 9.94. The molecule has 0 aromatic heterocycles. The van der Waals surface area contributed by atoms with Gasteiger partial charge >= 0.3 is 0 Å². The number of nitrogens with one attached hydrogen (secondary N) is 1. The second-order valence-electron chi connectivity index (χ2n) is 5.83. The van der Waals surface area contributed by atoms with Crippen molar-refractivity contribution < 1.29 is 13.9 Å². The van der Waals surface area contributed by atoms with Crippen LogP contribution in [0.3, 0.4) is 0 Å². The third-order valence-electron chi connectivity index (χ3n) is 3.87. The Kier molecular flexibility index (Phi) is 4.53. The number of hydrogen-bond donors (Lipinski definition) is 1. The number of ether oxygens (including phenoxy) is 2. The van der Waals surface area contributed by atoms with E-state index in [4.69, 9.17) is 9.47 Å². The van der Waals surface area contributed by atoms with Gasteiger partial charge in [-0.1, -0.05) is 0 Å². The Bertz CT molecular complexity index is 462. The van der Waals surface area contributed by atoms with Crippen LogP contribution in [0, 0.1) is 0 Å². The predicted molar refractivity (Wildman–Crippen MR) is 78.4 cm³/mol. The summed E-state index contributed by atoms with van der Waals surface area (Å²) in [4.78, 5) is 0. The zero-order valence-electron chi connectivity index (χ0n) is 12.8. The SMILES string of the molecule is COc1cc(C(C)(C)F)c(OC)cc1CC1CCCN1. The molecule has 1 N–H and O–H groups in total. The van der Waals surface area contributed by atoms with Crippen LogP contribution >= 0.6 is 0 Å². The Morgan fingerprint density at radius 1 is 1.25 bits per heavy atom. The van der Waals surface area contributed by atoms with Crippen molar-refractivity contribution in [3.63, 3.8) is 0 Å². The first-order chi connectivity index (χ1) is 9.45. The molecule has 2 rings (SSSR count). The van der Waals surface area contributed by atoms with Gasteiger partial charge < -0.3 is 14.8 Å². The molecule has 20 heavy (non-hydrogen) atoms. The summed E-state index contributed by atoms with van der Waals surface area (Å²) in [6.45, 7) is 4.13. The fraction of sp³-hybridized carbons (Fsp3) is 0.625. The Balaban J connectivity index is 2.36. The minimum absolute atomic E-state index is 0.470. The van der Waals surface area contributed by atoms with Gasteiger partial charge in [0.25, 0.3) is 0 Å². The third-order valence-corrected chi connectivity index (χ3v) is 3.87. The smallest absolute Gasteiger partial charge is 0.134 e. The highest BCUT2D eigenvalue weighted by molar-refractivity contribution is 5.49. The maximum Gasteiger partial charge on any atom is 0.134 e. The van der Waals surface area contributed by atoms with E-state index >= 15 is 0 Å². The maximum absolute atomic E-state index is 14.3. The molecule has 0 bridgehead atoms. The molecule has 112 valence electrons. The summed E-state index contributed by atoms with van der Waals surface area (Å²) < 4.78 is 25.1. The first-order valence-corrected chi connectivity index (χ1v) is 7.13. The van der Waals surface area contributed by atoms with Crippen LogP contribution < -0.4 is 14.8 Å². The van der Waals surface area contributed by atoms with Crippen molar-refractivity contribution >= 4 is 0 Å². The molecular formula is C16H24FNO2. The summed E-state index contributed by atoms with van der Waals surface area (Å²) in [7, 11) is 3.21. The Labute approximate surface area is 120 Å². The van der Waals surface area contributed by atoms with Crippen molar-refractivity contribution in [1.82, 2.24) is 5.32 Å². The van der Waals surface area contributed by atoms with E-state index in [9.17, 15) is 4.39 Å². The van der Waals surface area contributed by atoms with Gasteiger partial charge in [0.15, 0.2) is 0 Å². The van der Waals surface area contributed by atoms with Gasteiger partial charge in [-0.15, -0.1) is 0 Å². The normalized spacial score (nSPS) is 19.1. The molecule has 0 radical (unpaired) electrons. The molecule has 1 unspecified atom stereocenters. The summed E-state index contributed by atoms with van der Waals surface area (Å²) in [6.07, 6.45) is 3.26. The number of hydrogen-bond acceptors (Lipinski definition) is 3. The van der Waals surface area contributed by atoms with Gasteiger partial charge in [0.05, 0.1) is 14.2 Å². The lowest BCUT2D eigenvalue weighted by molar-refractivity contribution is 0.212. The molecular weight excluding hydrogens is 257 g/mol. The average molecular weight is 281 g/mol. The van der Waals surface area contributed by atoms with Crippen LogP contribution in [0.1, 0.15) is 37.8 Å². The first-order valence-electron chi connectivity index (χ1n) is 7.13. The average Bonchev–Trinajstić information content (AvgIpc) is 2.89. The van der Waals surface area contributed by atoms with E-state index in [0.717, 1.165) is 24.3 Å². The highest BCUT2D eigenvalue weighted by Crippen LogP contribution is 2.38. The number of methoxy groups -OCH3 is 2. The largest absolute Gasteiger partial charge is 0.496 e. The van der Waals surface area contributed by atoms with Gasteiger partial charge in [-0.05, 0) is 57.4 Å². The van der Waals surface area contributed by atoms with Crippen LogP contribution in [0.2, 0.25) is 0 Å². The van der Waals surface area contributed by atoms with E-state index < -0.39 is 5.67 Å². The molecule has 0 saturated carbocycles. The summed E-state index contributed by atoms with van der Waals surface area (Å²) in [5.41, 5.74) is 0.139. The zero-order valence-corrected chi connectivity index (χ0v) is 12.8. The van der Waals surface area contributed by atoms with Crippen LogP contribution in [0.5, 0.6) is 11.5 Å². The molecule has 1 aliphatic rings. The van der Waals surface area contributed by atoms with Gasteiger partial charge in [-0.25, -0.2) is 4.39 Å². The standard InChI is InChI=1S/C16H24FNO2/c1-16(2,17)13-10-14(19-3)11(9-15(13)20-4)8-12-6-5-7-18-12/h9-10,12,18H,5-8H2,1-4H3.